The number of thiophene rings is 1. The second kappa shape index (κ2) is 9.90. The van der Waals surface area contributed by atoms with Crippen LogP contribution < -0.4 is 9.47 Å². The van der Waals surface area contributed by atoms with Crippen molar-refractivity contribution < 1.29 is 23.9 Å². The van der Waals surface area contributed by atoms with E-state index in [1.165, 1.54) is 16.9 Å². The number of methoxy groups -OCH3 is 2. The van der Waals surface area contributed by atoms with Crippen LogP contribution in [0, 0.1) is 6.92 Å². The summed E-state index contributed by atoms with van der Waals surface area (Å²) in [6, 6.07) is 7.15. The summed E-state index contributed by atoms with van der Waals surface area (Å²) in [5.41, 5.74) is 2.30. The highest BCUT2D eigenvalue weighted by molar-refractivity contribution is 7.09. The number of carbonyl (C=O) groups is 3. The molecule has 10 heteroatoms. The summed E-state index contributed by atoms with van der Waals surface area (Å²) in [5.74, 6) is -0.0818. The van der Waals surface area contributed by atoms with Crippen molar-refractivity contribution >= 4 is 29.2 Å². The Balaban J connectivity index is 1.33. The minimum Gasteiger partial charge on any atom is -0.493 e. The van der Waals surface area contributed by atoms with E-state index in [2.05, 4.69) is 11.8 Å². The normalized spacial score (nSPS) is 17.8. The van der Waals surface area contributed by atoms with Crippen molar-refractivity contribution in [2.45, 2.75) is 20.0 Å². The van der Waals surface area contributed by atoms with E-state index in [0.717, 1.165) is 39.9 Å². The maximum atomic E-state index is 12.7. The van der Waals surface area contributed by atoms with Crippen molar-refractivity contribution in [1.29, 1.82) is 0 Å². The number of imide groups is 2. The molecule has 2 aliphatic heterocycles. The molecule has 0 radical (unpaired) electrons. The Bertz CT molecular complexity index is 1030. The van der Waals surface area contributed by atoms with Crippen LogP contribution in [0.15, 0.2) is 29.6 Å². The summed E-state index contributed by atoms with van der Waals surface area (Å²) in [4.78, 5) is 44.9. The van der Waals surface area contributed by atoms with Gasteiger partial charge in [-0.05, 0) is 41.6 Å². The lowest BCUT2D eigenvalue weighted by Crippen LogP contribution is -2.51. The van der Waals surface area contributed by atoms with Crippen molar-refractivity contribution in [3.05, 3.63) is 45.6 Å². The molecule has 176 valence electrons. The Morgan fingerprint density at radius 3 is 2.15 bits per heavy atom. The molecular formula is C23H28N4O5S. The highest BCUT2D eigenvalue weighted by atomic mass is 32.1. The zero-order chi connectivity index (χ0) is 23.5. The van der Waals surface area contributed by atoms with Crippen LogP contribution >= 0.6 is 11.3 Å². The van der Waals surface area contributed by atoms with E-state index in [-0.39, 0.29) is 13.2 Å². The van der Waals surface area contributed by atoms with Crippen molar-refractivity contribution in [3.63, 3.8) is 0 Å². The summed E-state index contributed by atoms with van der Waals surface area (Å²) in [5, 5.41) is 1.88. The summed E-state index contributed by atoms with van der Waals surface area (Å²) < 4.78 is 10.8. The van der Waals surface area contributed by atoms with Gasteiger partial charge in [-0.2, -0.15) is 0 Å². The van der Waals surface area contributed by atoms with Crippen LogP contribution in [0.4, 0.5) is 4.79 Å². The second-order valence-corrected chi connectivity index (χ2v) is 9.19. The first-order valence-corrected chi connectivity index (χ1v) is 11.6. The van der Waals surface area contributed by atoms with E-state index in [1.54, 1.807) is 14.2 Å². The summed E-state index contributed by atoms with van der Waals surface area (Å²) in [7, 11) is 3.25. The first-order chi connectivity index (χ1) is 15.9. The van der Waals surface area contributed by atoms with Crippen LogP contribution in [0.2, 0.25) is 0 Å². The molecule has 0 spiro atoms. The highest BCUT2D eigenvalue weighted by Crippen LogP contribution is 2.31. The number of benzene rings is 1. The van der Waals surface area contributed by atoms with E-state index in [4.69, 9.17) is 9.47 Å². The molecule has 0 N–H and O–H groups in total. The molecule has 0 atom stereocenters. The topological polar surface area (TPSA) is 82.6 Å². The highest BCUT2D eigenvalue weighted by Gasteiger charge is 2.45. The Morgan fingerprint density at radius 1 is 0.879 bits per heavy atom. The summed E-state index contributed by atoms with van der Waals surface area (Å²) in [6.07, 6.45) is 0. The van der Waals surface area contributed by atoms with Crippen LogP contribution in [-0.4, -0.2) is 84.5 Å². The Kier molecular flexibility index (Phi) is 6.96. The lowest BCUT2D eigenvalue weighted by molar-refractivity contribution is -0.144. The molecule has 0 bridgehead atoms. The third kappa shape index (κ3) is 4.87. The van der Waals surface area contributed by atoms with Gasteiger partial charge in [0.05, 0.1) is 27.4 Å². The average Bonchev–Trinajstić information content (AvgIpc) is 3.40. The Morgan fingerprint density at radius 2 is 1.52 bits per heavy atom. The van der Waals surface area contributed by atoms with Crippen molar-refractivity contribution in [2.24, 2.45) is 0 Å². The molecule has 2 aliphatic rings. The Labute approximate surface area is 197 Å². The second-order valence-electron chi connectivity index (χ2n) is 8.16. The number of amides is 4. The first-order valence-electron chi connectivity index (χ1n) is 10.8. The van der Waals surface area contributed by atoms with E-state index in [9.17, 15) is 14.4 Å². The summed E-state index contributed by atoms with van der Waals surface area (Å²) in [6.45, 7) is 6.06. The molecule has 0 unspecified atom stereocenters. The first kappa shape index (κ1) is 23.2. The van der Waals surface area contributed by atoms with Crippen LogP contribution in [0.3, 0.4) is 0 Å². The number of rotatable bonds is 8. The van der Waals surface area contributed by atoms with Gasteiger partial charge in [-0.15, -0.1) is 11.3 Å². The molecule has 1 aromatic heterocycles. The molecule has 2 fully saturated rings. The molecule has 9 nitrogen and oxygen atoms in total. The van der Waals surface area contributed by atoms with Gasteiger partial charge in [0.15, 0.2) is 11.5 Å². The van der Waals surface area contributed by atoms with Gasteiger partial charge in [0.25, 0.3) is 0 Å². The fourth-order valence-corrected chi connectivity index (χ4v) is 4.79. The van der Waals surface area contributed by atoms with Crippen molar-refractivity contribution in [2.75, 3.05) is 47.1 Å². The number of urea groups is 1. The van der Waals surface area contributed by atoms with Gasteiger partial charge < -0.3 is 9.47 Å². The standard InChI is InChI=1S/C23H28N4O5S/c1-16-11-19(31-2)20(32-3)12-17(16)13-24-6-8-25(9-7-24)15-27-22(29)21(28)26(23(27)30)14-18-5-4-10-33-18/h4-5,10-12H,6-9,13-15H2,1-3H3. The third-order valence-corrected chi connectivity index (χ3v) is 6.93. The van der Waals surface area contributed by atoms with E-state index in [1.807, 2.05) is 34.5 Å². The van der Waals surface area contributed by atoms with Gasteiger partial charge in [0, 0.05) is 37.6 Å². The molecule has 33 heavy (non-hydrogen) atoms. The molecule has 3 heterocycles. The number of hydrogen-bond acceptors (Lipinski definition) is 8. The SMILES string of the molecule is COc1cc(C)c(CN2CCN(CN3C(=O)C(=O)N(Cc4cccs4)C3=O)CC2)cc1OC. The number of aryl methyl sites for hydroxylation is 1. The maximum absolute atomic E-state index is 12.7. The van der Waals surface area contributed by atoms with Crippen molar-refractivity contribution in [1.82, 2.24) is 19.6 Å². The van der Waals surface area contributed by atoms with Crippen LogP contribution in [0.25, 0.3) is 0 Å². The molecule has 2 saturated heterocycles. The molecule has 4 rings (SSSR count). The van der Waals surface area contributed by atoms with Gasteiger partial charge >= 0.3 is 17.8 Å². The van der Waals surface area contributed by atoms with Gasteiger partial charge in [-0.1, -0.05) is 6.07 Å². The van der Waals surface area contributed by atoms with Crippen LogP contribution in [0.5, 0.6) is 11.5 Å². The minimum atomic E-state index is -0.754. The fourth-order valence-electron chi connectivity index (χ4n) is 4.10. The Hall–Kier alpha value is -2.95. The monoisotopic (exact) mass is 472 g/mol. The smallest absolute Gasteiger partial charge is 0.335 e. The van der Waals surface area contributed by atoms with Crippen molar-refractivity contribution in [3.8, 4) is 11.5 Å². The predicted octanol–water partition coefficient (Wildman–Crippen LogP) is 2.14. The molecule has 2 aromatic rings. The fraction of sp³-hybridized carbons (Fsp3) is 0.435. The van der Waals surface area contributed by atoms with Gasteiger partial charge in [-0.3, -0.25) is 24.3 Å². The zero-order valence-electron chi connectivity index (χ0n) is 19.1. The number of piperazine rings is 1. The lowest BCUT2D eigenvalue weighted by atomic mass is 10.1. The third-order valence-electron chi connectivity index (χ3n) is 6.07. The van der Waals surface area contributed by atoms with Gasteiger partial charge in [0.2, 0.25) is 0 Å². The number of carbonyl (C=O) groups excluding carboxylic acids is 3. The molecule has 1 aromatic carbocycles. The van der Waals surface area contributed by atoms with Crippen LogP contribution in [0.1, 0.15) is 16.0 Å². The van der Waals surface area contributed by atoms with E-state index in [0.29, 0.717) is 24.6 Å². The molecular weight excluding hydrogens is 444 g/mol. The van der Waals surface area contributed by atoms with E-state index < -0.39 is 17.8 Å². The lowest BCUT2D eigenvalue weighted by Gasteiger charge is -2.36. The molecule has 4 amide bonds. The van der Waals surface area contributed by atoms with Crippen LogP contribution in [-0.2, 0) is 22.7 Å². The summed E-state index contributed by atoms with van der Waals surface area (Å²) >= 11 is 1.45. The van der Waals surface area contributed by atoms with Gasteiger partial charge in [0.1, 0.15) is 0 Å². The average molecular weight is 473 g/mol. The molecule has 0 aliphatic carbocycles. The quantitative estimate of drug-likeness (QED) is 0.430. The maximum Gasteiger partial charge on any atom is 0.335 e. The molecule has 0 saturated carbocycles. The largest absolute Gasteiger partial charge is 0.493 e. The minimum absolute atomic E-state index is 0.133. The number of hydrogen-bond donors (Lipinski definition) is 0. The van der Waals surface area contributed by atoms with Gasteiger partial charge in [-0.25, -0.2) is 9.69 Å². The zero-order valence-corrected chi connectivity index (χ0v) is 19.9. The predicted molar refractivity (Wildman–Crippen MR) is 123 cm³/mol. The number of ether oxygens (including phenoxy) is 2. The number of nitrogens with zero attached hydrogens (tertiary/aromatic N) is 4. The van der Waals surface area contributed by atoms with E-state index >= 15 is 0 Å².